The van der Waals surface area contributed by atoms with E-state index >= 15 is 0 Å². The fraction of sp³-hybridized carbons (Fsp3) is 0.533. The first-order chi connectivity index (χ1) is 9.34. The second kappa shape index (κ2) is 5.72. The minimum Gasteiger partial charge on any atom is -0.388 e. The van der Waals surface area contributed by atoms with Crippen molar-refractivity contribution in [3.8, 4) is 0 Å². The first kappa shape index (κ1) is 12.6. The van der Waals surface area contributed by atoms with Gasteiger partial charge in [0.1, 0.15) is 0 Å². The molecule has 4 nitrogen and oxygen atoms in total. The van der Waals surface area contributed by atoms with E-state index in [9.17, 15) is 5.11 Å². The smallest absolute Gasteiger partial charge is 0.0826 e. The van der Waals surface area contributed by atoms with Gasteiger partial charge in [0.25, 0.3) is 0 Å². The highest BCUT2D eigenvalue weighted by molar-refractivity contribution is 5.54. The van der Waals surface area contributed by atoms with Crippen LogP contribution in [0.3, 0.4) is 0 Å². The molecule has 2 unspecified atom stereocenters. The second-order valence-electron chi connectivity index (χ2n) is 5.21. The summed E-state index contributed by atoms with van der Waals surface area (Å²) in [5.74, 6) is 0. The number of rotatable bonds is 5. The Kier molecular flexibility index (Phi) is 3.80. The summed E-state index contributed by atoms with van der Waals surface area (Å²) in [6.45, 7) is 0.904. The van der Waals surface area contributed by atoms with Gasteiger partial charge in [-0.05, 0) is 44.2 Å². The van der Waals surface area contributed by atoms with Gasteiger partial charge in [-0.15, -0.1) is 0 Å². The fourth-order valence-corrected chi connectivity index (χ4v) is 2.78. The zero-order valence-electron chi connectivity index (χ0n) is 11.0. The molecule has 1 saturated heterocycles. The van der Waals surface area contributed by atoms with Gasteiger partial charge in [-0.1, -0.05) is 6.07 Å². The van der Waals surface area contributed by atoms with Gasteiger partial charge < -0.3 is 9.84 Å². The van der Waals surface area contributed by atoms with Crippen LogP contribution in [0.2, 0.25) is 0 Å². The van der Waals surface area contributed by atoms with Crippen LogP contribution in [0.15, 0.2) is 30.6 Å². The van der Waals surface area contributed by atoms with Crippen molar-refractivity contribution >= 4 is 5.52 Å². The van der Waals surface area contributed by atoms with E-state index in [4.69, 9.17) is 4.74 Å². The molecule has 2 aromatic rings. The molecule has 2 atom stereocenters. The van der Waals surface area contributed by atoms with Gasteiger partial charge in [-0.2, -0.15) is 5.10 Å². The lowest BCUT2D eigenvalue weighted by atomic mass is 10.0. The zero-order chi connectivity index (χ0) is 13.1. The van der Waals surface area contributed by atoms with E-state index in [0.29, 0.717) is 6.10 Å². The Morgan fingerprint density at radius 2 is 2.42 bits per heavy atom. The average molecular weight is 260 g/mol. The molecule has 1 fully saturated rings. The van der Waals surface area contributed by atoms with Crippen LogP contribution in [0, 0.1) is 0 Å². The number of pyridine rings is 1. The molecule has 0 spiro atoms. The van der Waals surface area contributed by atoms with Crippen molar-refractivity contribution in [3.05, 3.63) is 36.2 Å². The summed E-state index contributed by atoms with van der Waals surface area (Å²) in [5, 5.41) is 14.5. The van der Waals surface area contributed by atoms with Gasteiger partial charge in [0.2, 0.25) is 0 Å². The Morgan fingerprint density at radius 3 is 3.26 bits per heavy atom. The molecule has 1 aliphatic rings. The lowest BCUT2D eigenvalue weighted by molar-refractivity contribution is 0.0946. The van der Waals surface area contributed by atoms with E-state index in [0.717, 1.165) is 36.9 Å². The molecular formula is C15H20N2O2. The van der Waals surface area contributed by atoms with Gasteiger partial charge in [0, 0.05) is 18.4 Å². The second-order valence-corrected chi connectivity index (χ2v) is 5.21. The van der Waals surface area contributed by atoms with Crippen LogP contribution in [0.1, 0.15) is 43.8 Å². The lowest BCUT2D eigenvalue weighted by Crippen LogP contribution is -2.06. The Bertz CT molecular complexity index is 532. The van der Waals surface area contributed by atoms with Crippen molar-refractivity contribution in [2.45, 2.75) is 44.3 Å². The number of fused-ring (bicyclic) bond motifs is 1. The summed E-state index contributed by atoms with van der Waals surface area (Å²) in [7, 11) is 0. The van der Waals surface area contributed by atoms with Crippen molar-refractivity contribution in [3.63, 3.8) is 0 Å². The first-order valence-electron chi connectivity index (χ1n) is 7.06. The van der Waals surface area contributed by atoms with Crippen LogP contribution in [-0.2, 0) is 4.74 Å². The third kappa shape index (κ3) is 2.80. The summed E-state index contributed by atoms with van der Waals surface area (Å²) >= 11 is 0. The molecule has 0 saturated carbocycles. The van der Waals surface area contributed by atoms with Gasteiger partial charge in [-0.3, -0.25) is 0 Å². The van der Waals surface area contributed by atoms with E-state index < -0.39 is 6.10 Å². The number of aromatic nitrogens is 2. The molecular weight excluding hydrogens is 240 g/mol. The maximum atomic E-state index is 10.3. The molecule has 3 rings (SSSR count). The summed E-state index contributed by atoms with van der Waals surface area (Å²) < 4.78 is 7.40. The van der Waals surface area contributed by atoms with Gasteiger partial charge in [0.05, 0.1) is 23.9 Å². The highest BCUT2D eigenvalue weighted by Crippen LogP contribution is 2.25. The van der Waals surface area contributed by atoms with E-state index in [1.54, 1.807) is 10.7 Å². The van der Waals surface area contributed by atoms with E-state index in [-0.39, 0.29) is 0 Å². The largest absolute Gasteiger partial charge is 0.388 e. The predicted octanol–water partition coefficient (Wildman–Crippen LogP) is 2.72. The molecule has 19 heavy (non-hydrogen) atoms. The maximum Gasteiger partial charge on any atom is 0.0826 e. The number of hydrogen-bond donors (Lipinski definition) is 1. The summed E-state index contributed by atoms with van der Waals surface area (Å²) in [6.07, 6.45) is 8.83. The molecule has 102 valence electrons. The quantitative estimate of drug-likeness (QED) is 0.899. The van der Waals surface area contributed by atoms with E-state index in [2.05, 4.69) is 5.10 Å². The van der Waals surface area contributed by atoms with Gasteiger partial charge >= 0.3 is 0 Å². The SMILES string of the molecule is OC(CCCC1CCCO1)c1cnn2ccccc12. The molecule has 1 aliphatic heterocycles. The maximum absolute atomic E-state index is 10.3. The minimum absolute atomic E-state index is 0.413. The minimum atomic E-state index is -0.429. The number of aliphatic hydroxyl groups excluding tert-OH is 1. The van der Waals surface area contributed by atoms with E-state index in [1.165, 1.54) is 12.8 Å². The number of aliphatic hydroxyl groups is 1. The van der Waals surface area contributed by atoms with Crippen molar-refractivity contribution in [1.82, 2.24) is 9.61 Å². The third-order valence-corrected chi connectivity index (χ3v) is 3.84. The highest BCUT2D eigenvalue weighted by atomic mass is 16.5. The fourth-order valence-electron chi connectivity index (χ4n) is 2.78. The standard InChI is InChI=1S/C15H20N2O2/c18-15(8-3-5-12-6-4-10-19-12)13-11-16-17-9-2-1-7-14(13)17/h1-2,7,9,11-12,15,18H,3-6,8,10H2. The van der Waals surface area contributed by atoms with Crippen LogP contribution in [0.25, 0.3) is 5.52 Å². The van der Waals surface area contributed by atoms with Crippen LogP contribution >= 0.6 is 0 Å². The summed E-state index contributed by atoms with van der Waals surface area (Å²) in [4.78, 5) is 0. The average Bonchev–Trinajstić information content (AvgIpc) is 3.07. The van der Waals surface area contributed by atoms with Crippen LogP contribution in [-0.4, -0.2) is 27.4 Å². The van der Waals surface area contributed by atoms with Gasteiger partial charge in [0.15, 0.2) is 0 Å². The number of ether oxygens (including phenoxy) is 1. The molecule has 0 radical (unpaired) electrons. The lowest BCUT2D eigenvalue weighted by Gasteiger charge is -2.12. The Morgan fingerprint density at radius 1 is 1.47 bits per heavy atom. The summed E-state index contributed by atoms with van der Waals surface area (Å²) in [5.41, 5.74) is 1.92. The predicted molar refractivity (Wildman–Crippen MR) is 73.0 cm³/mol. The normalized spacial score (nSPS) is 21.0. The molecule has 4 heteroatoms. The van der Waals surface area contributed by atoms with Crippen molar-refractivity contribution < 1.29 is 9.84 Å². The monoisotopic (exact) mass is 260 g/mol. The number of hydrogen-bond acceptors (Lipinski definition) is 3. The topological polar surface area (TPSA) is 46.8 Å². The van der Waals surface area contributed by atoms with Crippen LogP contribution in [0.5, 0.6) is 0 Å². The molecule has 0 bridgehead atoms. The van der Waals surface area contributed by atoms with Crippen LogP contribution in [0.4, 0.5) is 0 Å². The van der Waals surface area contributed by atoms with Crippen LogP contribution < -0.4 is 0 Å². The van der Waals surface area contributed by atoms with Crippen molar-refractivity contribution in [2.75, 3.05) is 6.61 Å². The third-order valence-electron chi connectivity index (χ3n) is 3.84. The Hall–Kier alpha value is -1.39. The molecule has 1 N–H and O–H groups in total. The highest BCUT2D eigenvalue weighted by Gasteiger charge is 2.17. The Balaban J connectivity index is 1.58. The Labute approximate surface area is 113 Å². The van der Waals surface area contributed by atoms with E-state index in [1.807, 2.05) is 24.4 Å². The van der Waals surface area contributed by atoms with Crippen molar-refractivity contribution in [2.24, 2.45) is 0 Å². The first-order valence-corrected chi connectivity index (χ1v) is 7.06. The molecule has 0 aromatic carbocycles. The van der Waals surface area contributed by atoms with Gasteiger partial charge in [-0.25, -0.2) is 4.52 Å². The molecule has 3 heterocycles. The molecule has 2 aromatic heterocycles. The molecule has 0 amide bonds. The zero-order valence-corrected chi connectivity index (χ0v) is 11.0. The number of nitrogens with zero attached hydrogens (tertiary/aromatic N) is 2. The van der Waals surface area contributed by atoms with Crippen molar-refractivity contribution in [1.29, 1.82) is 0 Å². The molecule has 0 aliphatic carbocycles. The summed E-state index contributed by atoms with van der Waals surface area (Å²) in [6, 6.07) is 5.90.